The van der Waals surface area contributed by atoms with Crippen LogP contribution in [0, 0.1) is 17.6 Å². The molecule has 1 aliphatic carbocycles. The summed E-state index contributed by atoms with van der Waals surface area (Å²) in [4.78, 5) is 0. The molecule has 0 radical (unpaired) electrons. The molecule has 0 aromatic heterocycles. The van der Waals surface area contributed by atoms with Crippen LogP contribution in [0.25, 0.3) is 0 Å². The molecule has 1 fully saturated rings. The van der Waals surface area contributed by atoms with E-state index in [-0.39, 0.29) is 5.92 Å². The van der Waals surface area contributed by atoms with Crippen LogP contribution in [0.3, 0.4) is 0 Å². The summed E-state index contributed by atoms with van der Waals surface area (Å²) in [6, 6.07) is 2.80. The third-order valence-corrected chi connectivity index (χ3v) is 4.59. The number of rotatable bonds is 5. The summed E-state index contributed by atoms with van der Waals surface area (Å²) in [5.74, 6) is -1.71. The third kappa shape index (κ3) is 3.50. The second-order valence-corrected chi connectivity index (χ2v) is 6.02. The number of halogens is 2. The first kappa shape index (κ1) is 15.3. The number of phenolic OH excluding ortho intramolecular Hbond substituents is 1. The summed E-state index contributed by atoms with van der Waals surface area (Å²) in [6.07, 6.45) is 9.16. The molecule has 0 aliphatic heterocycles. The third-order valence-electron chi connectivity index (χ3n) is 4.59. The van der Waals surface area contributed by atoms with E-state index >= 15 is 0 Å². The first-order valence-corrected chi connectivity index (χ1v) is 7.80. The van der Waals surface area contributed by atoms with Crippen LogP contribution < -0.4 is 0 Å². The fourth-order valence-corrected chi connectivity index (χ4v) is 3.31. The lowest BCUT2D eigenvalue weighted by atomic mass is 9.77. The molecule has 1 aliphatic rings. The number of hydrogen-bond donors (Lipinski definition) is 1. The van der Waals surface area contributed by atoms with Gasteiger partial charge in [0.1, 0.15) is 0 Å². The molecule has 1 aromatic rings. The second kappa shape index (κ2) is 7.05. The summed E-state index contributed by atoms with van der Waals surface area (Å²) in [6.45, 7) is 2.21. The molecular weight excluding hydrogens is 258 g/mol. The van der Waals surface area contributed by atoms with Crippen LogP contribution in [-0.4, -0.2) is 5.11 Å². The maximum Gasteiger partial charge on any atom is 0.200 e. The van der Waals surface area contributed by atoms with E-state index in [1.807, 2.05) is 0 Å². The standard InChI is InChI=1S/C17H24F2O/c1-2-3-4-5-12-6-8-13(9-7-12)14-10-11-15(20)17(19)16(14)18/h10-13,20H,2-9H2,1H3/t12-,13-. The highest BCUT2D eigenvalue weighted by molar-refractivity contribution is 5.32. The molecule has 0 heterocycles. The lowest BCUT2D eigenvalue weighted by molar-refractivity contribution is 0.296. The molecule has 1 saturated carbocycles. The van der Waals surface area contributed by atoms with Crippen molar-refractivity contribution < 1.29 is 13.9 Å². The Hall–Kier alpha value is -1.12. The van der Waals surface area contributed by atoms with Crippen molar-refractivity contribution in [3.63, 3.8) is 0 Å². The SMILES string of the molecule is CCCCC[C@H]1CC[C@H](c2ccc(O)c(F)c2F)CC1. The van der Waals surface area contributed by atoms with E-state index in [0.717, 1.165) is 31.6 Å². The maximum absolute atomic E-state index is 13.9. The van der Waals surface area contributed by atoms with Crippen molar-refractivity contribution in [3.05, 3.63) is 29.3 Å². The van der Waals surface area contributed by atoms with Crippen molar-refractivity contribution in [1.82, 2.24) is 0 Å². The van der Waals surface area contributed by atoms with Gasteiger partial charge in [-0.3, -0.25) is 0 Å². The van der Waals surface area contributed by atoms with Crippen molar-refractivity contribution >= 4 is 0 Å². The Morgan fingerprint density at radius 3 is 2.40 bits per heavy atom. The number of aromatic hydroxyl groups is 1. The Kier molecular flexibility index (Phi) is 5.38. The van der Waals surface area contributed by atoms with Crippen LogP contribution in [0.15, 0.2) is 12.1 Å². The van der Waals surface area contributed by atoms with Crippen LogP contribution in [0.2, 0.25) is 0 Å². The summed E-state index contributed by atoms with van der Waals surface area (Å²) < 4.78 is 27.3. The minimum absolute atomic E-state index is 0.104. The summed E-state index contributed by atoms with van der Waals surface area (Å²) in [5, 5.41) is 9.17. The van der Waals surface area contributed by atoms with Gasteiger partial charge in [-0.2, -0.15) is 4.39 Å². The molecule has 1 aromatic carbocycles. The van der Waals surface area contributed by atoms with Gasteiger partial charge in [0, 0.05) is 0 Å². The quantitative estimate of drug-likeness (QED) is 0.704. The van der Waals surface area contributed by atoms with Gasteiger partial charge in [0.15, 0.2) is 11.6 Å². The van der Waals surface area contributed by atoms with Gasteiger partial charge in [0.05, 0.1) is 0 Å². The Morgan fingerprint density at radius 1 is 1.05 bits per heavy atom. The maximum atomic E-state index is 13.9. The smallest absolute Gasteiger partial charge is 0.200 e. The second-order valence-electron chi connectivity index (χ2n) is 6.02. The molecule has 0 amide bonds. The predicted octanol–water partition coefficient (Wildman–Crippen LogP) is 5.52. The van der Waals surface area contributed by atoms with Crippen LogP contribution in [0.1, 0.15) is 69.8 Å². The summed E-state index contributed by atoms with van der Waals surface area (Å²) >= 11 is 0. The van der Waals surface area contributed by atoms with Crippen LogP contribution in [-0.2, 0) is 0 Å². The largest absolute Gasteiger partial charge is 0.505 e. The molecular formula is C17H24F2O. The summed E-state index contributed by atoms with van der Waals surface area (Å²) in [5.41, 5.74) is 0.437. The van der Waals surface area contributed by atoms with E-state index in [9.17, 15) is 13.9 Å². The average Bonchev–Trinajstić information content (AvgIpc) is 2.46. The van der Waals surface area contributed by atoms with Crippen molar-refractivity contribution in [3.8, 4) is 5.75 Å². The zero-order valence-electron chi connectivity index (χ0n) is 12.2. The molecule has 1 nitrogen and oxygen atoms in total. The Balaban J connectivity index is 1.92. The molecule has 0 saturated heterocycles. The lowest BCUT2D eigenvalue weighted by Crippen LogP contribution is -2.14. The van der Waals surface area contributed by atoms with Gasteiger partial charge in [-0.05, 0) is 49.1 Å². The highest BCUT2D eigenvalue weighted by Crippen LogP contribution is 2.39. The van der Waals surface area contributed by atoms with E-state index in [1.165, 1.54) is 37.8 Å². The van der Waals surface area contributed by atoms with Gasteiger partial charge >= 0.3 is 0 Å². The van der Waals surface area contributed by atoms with Gasteiger partial charge in [-0.15, -0.1) is 0 Å². The highest BCUT2D eigenvalue weighted by atomic mass is 19.2. The summed E-state index contributed by atoms with van der Waals surface area (Å²) in [7, 11) is 0. The number of phenols is 1. The van der Waals surface area contributed by atoms with E-state index in [4.69, 9.17) is 0 Å². The normalized spacial score (nSPS) is 22.9. The molecule has 20 heavy (non-hydrogen) atoms. The van der Waals surface area contributed by atoms with E-state index < -0.39 is 17.4 Å². The number of hydrogen-bond acceptors (Lipinski definition) is 1. The molecule has 2 rings (SSSR count). The Labute approximate surface area is 120 Å². The number of benzene rings is 1. The topological polar surface area (TPSA) is 20.2 Å². The molecule has 3 heteroatoms. The van der Waals surface area contributed by atoms with Crippen molar-refractivity contribution in [1.29, 1.82) is 0 Å². The molecule has 0 unspecified atom stereocenters. The molecule has 0 spiro atoms. The zero-order valence-corrected chi connectivity index (χ0v) is 12.2. The lowest BCUT2D eigenvalue weighted by Gasteiger charge is -2.29. The highest BCUT2D eigenvalue weighted by Gasteiger charge is 2.26. The van der Waals surface area contributed by atoms with Crippen molar-refractivity contribution in [2.24, 2.45) is 5.92 Å². The fraction of sp³-hybridized carbons (Fsp3) is 0.647. The molecule has 0 bridgehead atoms. The molecule has 0 atom stereocenters. The first-order chi connectivity index (χ1) is 9.63. The molecule has 1 N–H and O–H groups in total. The zero-order chi connectivity index (χ0) is 14.5. The predicted molar refractivity (Wildman–Crippen MR) is 76.9 cm³/mol. The minimum Gasteiger partial charge on any atom is -0.505 e. The van der Waals surface area contributed by atoms with Crippen LogP contribution in [0.5, 0.6) is 5.75 Å². The van der Waals surface area contributed by atoms with Crippen LogP contribution >= 0.6 is 0 Å². The fourth-order valence-electron chi connectivity index (χ4n) is 3.31. The van der Waals surface area contributed by atoms with Gasteiger partial charge in [-0.1, -0.05) is 38.7 Å². The Bertz CT molecular complexity index is 437. The minimum atomic E-state index is -1.10. The van der Waals surface area contributed by atoms with E-state index in [0.29, 0.717) is 5.56 Å². The molecule has 112 valence electrons. The van der Waals surface area contributed by atoms with E-state index in [1.54, 1.807) is 0 Å². The van der Waals surface area contributed by atoms with Crippen LogP contribution in [0.4, 0.5) is 8.78 Å². The average molecular weight is 282 g/mol. The van der Waals surface area contributed by atoms with Gasteiger partial charge in [0.2, 0.25) is 5.82 Å². The number of unbranched alkanes of at least 4 members (excludes halogenated alkanes) is 2. The van der Waals surface area contributed by atoms with Gasteiger partial charge in [-0.25, -0.2) is 4.39 Å². The van der Waals surface area contributed by atoms with E-state index in [2.05, 4.69) is 6.92 Å². The van der Waals surface area contributed by atoms with Gasteiger partial charge < -0.3 is 5.11 Å². The van der Waals surface area contributed by atoms with Crippen molar-refractivity contribution in [2.45, 2.75) is 64.2 Å². The van der Waals surface area contributed by atoms with Crippen molar-refractivity contribution in [2.75, 3.05) is 0 Å². The monoisotopic (exact) mass is 282 g/mol. The van der Waals surface area contributed by atoms with Gasteiger partial charge in [0.25, 0.3) is 0 Å². The first-order valence-electron chi connectivity index (χ1n) is 7.80. The Morgan fingerprint density at radius 2 is 1.75 bits per heavy atom.